The van der Waals surface area contributed by atoms with Crippen LogP contribution >= 0.6 is 0 Å². The summed E-state index contributed by atoms with van der Waals surface area (Å²) in [5.41, 5.74) is -0.671. The first-order valence-electron chi connectivity index (χ1n) is 7.00. The van der Waals surface area contributed by atoms with Crippen molar-refractivity contribution in [3.05, 3.63) is 11.9 Å². The van der Waals surface area contributed by atoms with Crippen LogP contribution in [0, 0.1) is 5.41 Å². The molecule has 0 spiro atoms. The molecule has 2 fully saturated rings. The van der Waals surface area contributed by atoms with Gasteiger partial charge in [0.1, 0.15) is 0 Å². The van der Waals surface area contributed by atoms with Gasteiger partial charge in [0.25, 0.3) is 0 Å². The Kier molecular flexibility index (Phi) is 1.78. The van der Waals surface area contributed by atoms with E-state index in [1.165, 1.54) is 4.90 Å². The molecule has 0 atom stereocenters. The van der Waals surface area contributed by atoms with Crippen molar-refractivity contribution < 1.29 is 15.0 Å². The van der Waals surface area contributed by atoms with Crippen molar-refractivity contribution in [3.8, 4) is 0 Å². The van der Waals surface area contributed by atoms with E-state index in [9.17, 15) is 9.50 Å². The van der Waals surface area contributed by atoms with E-state index in [0.717, 1.165) is 0 Å². The average molecular weight is 203 g/mol. The van der Waals surface area contributed by atoms with E-state index in [2.05, 4.69) is 0 Å². The summed E-state index contributed by atoms with van der Waals surface area (Å²) in [6.07, 6.45) is 2.17. The zero-order valence-corrected chi connectivity index (χ0v) is 8.09. The van der Waals surface area contributed by atoms with Gasteiger partial charge < -0.3 is 10.0 Å². The van der Waals surface area contributed by atoms with E-state index in [-0.39, 0.29) is 0 Å². The van der Waals surface area contributed by atoms with Gasteiger partial charge in [-0.05, 0) is 31.3 Å². The van der Waals surface area contributed by atoms with E-state index < -0.39 is 18.5 Å². The summed E-state index contributed by atoms with van der Waals surface area (Å²) in [6, 6.07) is 0. The van der Waals surface area contributed by atoms with Crippen LogP contribution in [0.2, 0.25) is 0 Å². The number of rotatable bonds is 3. The van der Waals surface area contributed by atoms with E-state index in [0.29, 0.717) is 50.7 Å². The highest BCUT2D eigenvalue weighted by atomic mass is 19.1. The van der Waals surface area contributed by atoms with Crippen LogP contribution in [-0.2, 0) is 0 Å². The molecule has 0 aromatic rings. The second kappa shape index (κ2) is 3.99. The molecule has 80 valence electrons. The van der Waals surface area contributed by atoms with E-state index >= 15 is 0 Å². The molecule has 0 aromatic carbocycles. The fourth-order valence-electron chi connectivity index (χ4n) is 1.69. The molecule has 1 aliphatic carbocycles. The summed E-state index contributed by atoms with van der Waals surface area (Å²) in [6.45, 7) is -3.69. The lowest BCUT2D eigenvalue weighted by Gasteiger charge is -2.30. The number of hydrogen-bond donors (Lipinski definition) is 1. The van der Waals surface area contributed by atoms with E-state index in [1.54, 1.807) is 0 Å². The van der Waals surface area contributed by atoms with Crippen molar-refractivity contribution in [2.75, 3.05) is 26.1 Å². The minimum atomic E-state index is -2.52. The van der Waals surface area contributed by atoms with Crippen LogP contribution in [0.1, 0.15) is 31.2 Å². The fourth-order valence-corrected chi connectivity index (χ4v) is 1.69. The number of hydrogen-bond acceptors (Lipinski definition) is 2. The number of halogens is 1. The Morgan fingerprint density at radius 1 is 1.50 bits per heavy atom. The summed E-state index contributed by atoms with van der Waals surface area (Å²) in [5.74, 6) is 0. The first-order valence-corrected chi connectivity index (χ1v) is 5.00. The van der Waals surface area contributed by atoms with Gasteiger partial charge in [-0.1, -0.05) is 0 Å². The first-order chi connectivity index (χ1) is 8.24. The molecule has 0 amide bonds. The first kappa shape index (κ1) is 6.23. The number of likely N-dealkylation sites (tertiary alicyclic amines) is 1. The molecule has 2 aliphatic rings. The van der Waals surface area contributed by atoms with Crippen molar-refractivity contribution in [2.45, 2.75) is 25.7 Å². The smallest absolute Gasteiger partial charge is 0.0859 e. The van der Waals surface area contributed by atoms with Gasteiger partial charge in [-0.2, -0.15) is 0 Å². The normalized spacial score (nSPS) is 32.6. The maximum atomic E-state index is 12.4. The van der Waals surface area contributed by atoms with Crippen molar-refractivity contribution in [1.29, 1.82) is 0 Å². The molecule has 3 heteroatoms. The summed E-state index contributed by atoms with van der Waals surface area (Å²) in [7, 11) is 0. The Bertz CT molecular complexity index is 353. The van der Waals surface area contributed by atoms with Gasteiger partial charge in [0, 0.05) is 34.3 Å². The molecule has 1 heterocycles. The van der Waals surface area contributed by atoms with Crippen LogP contribution in [0.5, 0.6) is 0 Å². The van der Waals surface area contributed by atoms with Crippen LogP contribution in [0.4, 0.5) is 4.39 Å². The van der Waals surface area contributed by atoms with Crippen molar-refractivity contribution in [1.82, 2.24) is 4.90 Å². The molecule has 1 saturated heterocycles. The minimum Gasteiger partial charge on any atom is -0.396 e. The summed E-state index contributed by atoms with van der Waals surface area (Å²) in [4.78, 5) is 1.53. The van der Waals surface area contributed by atoms with Crippen LogP contribution in [0.25, 0.3) is 0 Å². The fraction of sp³-hybridized carbons (Fsp3) is 0.818. The molecule has 2 rings (SSSR count). The number of piperidine rings is 1. The maximum Gasteiger partial charge on any atom is 0.0859 e. The Morgan fingerprint density at radius 2 is 2.14 bits per heavy atom. The van der Waals surface area contributed by atoms with Gasteiger partial charge in [-0.25, -0.2) is 4.39 Å². The molecule has 0 bridgehead atoms. The Morgan fingerprint density at radius 3 is 2.57 bits per heavy atom. The third kappa shape index (κ3) is 2.15. The molecule has 1 saturated carbocycles. The SMILES string of the molecule is [2H]C([2H])(O)C1(C([2H])([2H])N2CCC(=CF)CC2)CC1. The number of aliphatic hydroxyl groups is 1. The molecular formula is C11H18FNO. The molecule has 14 heavy (non-hydrogen) atoms. The Hall–Kier alpha value is -0.410. The van der Waals surface area contributed by atoms with Gasteiger partial charge >= 0.3 is 0 Å². The predicted octanol–water partition coefficient (Wildman–Crippen LogP) is 1.71. The summed E-state index contributed by atoms with van der Waals surface area (Å²) >= 11 is 0. The van der Waals surface area contributed by atoms with Crippen LogP contribution < -0.4 is 0 Å². The highest BCUT2D eigenvalue weighted by molar-refractivity contribution is 5.03. The molecule has 1 N–H and O–H groups in total. The van der Waals surface area contributed by atoms with Gasteiger partial charge in [-0.15, -0.1) is 0 Å². The zero-order valence-electron chi connectivity index (χ0n) is 12.1. The maximum absolute atomic E-state index is 12.4. The van der Waals surface area contributed by atoms with Crippen LogP contribution in [0.3, 0.4) is 0 Å². The largest absolute Gasteiger partial charge is 0.396 e. The molecule has 0 radical (unpaired) electrons. The Balaban J connectivity index is 2.13. The van der Waals surface area contributed by atoms with E-state index in [1.807, 2.05) is 0 Å². The molecule has 1 aliphatic heterocycles. The van der Waals surface area contributed by atoms with Crippen LogP contribution in [-0.4, -0.2) is 36.2 Å². The second-order valence-corrected chi connectivity index (χ2v) is 4.06. The van der Waals surface area contributed by atoms with Crippen molar-refractivity contribution in [3.63, 3.8) is 0 Å². The standard InChI is InChI=1S/C11H18FNO/c12-7-10-1-5-13(6-2-10)8-11(9-14)3-4-11/h7,14H,1-6,8-9H2/i8D2,9D2. The molecule has 0 unspecified atom stereocenters. The third-order valence-electron chi connectivity index (χ3n) is 2.90. The quantitative estimate of drug-likeness (QED) is 0.754. The van der Waals surface area contributed by atoms with Crippen LogP contribution in [0.15, 0.2) is 11.9 Å². The molecule has 0 aromatic heterocycles. The zero-order chi connectivity index (χ0) is 13.6. The van der Waals surface area contributed by atoms with Gasteiger partial charge in [-0.3, -0.25) is 0 Å². The summed E-state index contributed by atoms with van der Waals surface area (Å²) in [5, 5.41) is 9.57. The lowest BCUT2D eigenvalue weighted by molar-refractivity contribution is 0.142. The highest BCUT2D eigenvalue weighted by Gasteiger charge is 2.43. The highest BCUT2D eigenvalue weighted by Crippen LogP contribution is 2.45. The topological polar surface area (TPSA) is 23.5 Å². The van der Waals surface area contributed by atoms with Gasteiger partial charge in [0.15, 0.2) is 0 Å². The van der Waals surface area contributed by atoms with E-state index in [4.69, 9.17) is 5.48 Å². The minimum absolute atomic E-state index is 0.339. The third-order valence-corrected chi connectivity index (χ3v) is 2.90. The van der Waals surface area contributed by atoms with Gasteiger partial charge in [0.05, 0.1) is 9.07 Å². The van der Waals surface area contributed by atoms with Crippen molar-refractivity contribution in [2.24, 2.45) is 5.41 Å². The monoisotopic (exact) mass is 203 g/mol. The Labute approximate surface area is 90.0 Å². The lowest BCUT2D eigenvalue weighted by atomic mass is 10.0. The molecular weight excluding hydrogens is 181 g/mol. The second-order valence-electron chi connectivity index (χ2n) is 4.06. The van der Waals surface area contributed by atoms with Crippen molar-refractivity contribution >= 4 is 0 Å². The number of nitrogens with zero attached hydrogens (tertiary/aromatic N) is 1. The average Bonchev–Trinajstić information content (AvgIpc) is 3.09. The van der Waals surface area contributed by atoms with Gasteiger partial charge in [0.2, 0.25) is 0 Å². The predicted molar refractivity (Wildman–Crippen MR) is 53.6 cm³/mol. The lowest BCUT2D eigenvalue weighted by Crippen LogP contribution is -2.36. The summed E-state index contributed by atoms with van der Waals surface area (Å²) < 4.78 is 43.5. The molecule has 2 nitrogen and oxygen atoms in total.